The van der Waals surface area contributed by atoms with Crippen LogP contribution in [0.2, 0.25) is 5.02 Å². The van der Waals surface area contributed by atoms with Crippen LogP contribution < -0.4 is 21.1 Å². The number of ether oxygens (including phenoxy) is 2. The fourth-order valence-electron chi connectivity index (χ4n) is 4.60. The van der Waals surface area contributed by atoms with Gasteiger partial charge in [-0.15, -0.1) is 0 Å². The van der Waals surface area contributed by atoms with Gasteiger partial charge in [0.25, 0.3) is 5.56 Å². The Morgan fingerprint density at radius 1 is 1.17 bits per heavy atom. The minimum absolute atomic E-state index is 0.000545. The number of nitrogens with one attached hydrogen (secondary N) is 2. The molecule has 2 aliphatic rings. The van der Waals surface area contributed by atoms with Gasteiger partial charge in [0.1, 0.15) is 17.2 Å². The average Bonchev–Trinajstić information content (AvgIpc) is 2.96. The Kier molecular flexibility index (Phi) is 6.02. The summed E-state index contributed by atoms with van der Waals surface area (Å²) in [5.74, 6) is 0.392. The van der Waals surface area contributed by atoms with Crippen LogP contribution >= 0.6 is 11.6 Å². The number of rotatable bonds is 3. The van der Waals surface area contributed by atoms with E-state index in [2.05, 4.69) is 25.5 Å². The molecule has 1 saturated heterocycles. The van der Waals surface area contributed by atoms with Gasteiger partial charge in [0.05, 0.1) is 35.7 Å². The van der Waals surface area contributed by atoms with Crippen molar-refractivity contribution in [3.8, 4) is 0 Å². The van der Waals surface area contributed by atoms with Gasteiger partial charge in [-0.3, -0.25) is 4.79 Å². The van der Waals surface area contributed by atoms with E-state index in [0.29, 0.717) is 52.2 Å². The van der Waals surface area contributed by atoms with Crippen LogP contribution in [0.4, 0.5) is 23.1 Å². The van der Waals surface area contributed by atoms with Crippen LogP contribution in [0.5, 0.6) is 0 Å². The zero-order valence-corrected chi connectivity index (χ0v) is 20.7. The molecule has 0 spiro atoms. The number of carbonyl (C=O) groups is 1. The molecule has 10 nitrogen and oxygen atoms in total. The SMILES string of the molecule is CC1COC(=O)c2c(c3cc(Nc4nc(N5C[C@@H](C)O[C@@H](C)C5)ncc4Cl)ccc3n(C)c2=O)N1. The van der Waals surface area contributed by atoms with Crippen molar-refractivity contribution in [2.45, 2.75) is 39.0 Å². The van der Waals surface area contributed by atoms with Gasteiger partial charge in [0.15, 0.2) is 5.82 Å². The predicted molar refractivity (Wildman–Crippen MR) is 135 cm³/mol. The van der Waals surface area contributed by atoms with E-state index in [1.165, 1.54) is 4.57 Å². The molecule has 2 N–H and O–H groups in total. The number of hydrogen-bond donors (Lipinski definition) is 2. The van der Waals surface area contributed by atoms with E-state index >= 15 is 0 Å². The molecule has 35 heavy (non-hydrogen) atoms. The summed E-state index contributed by atoms with van der Waals surface area (Å²) < 4.78 is 12.5. The largest absolute Gasteiger partial charge is 0.460 e. The molecule has 1 aromatic carbocycles. The third-order valence-corrected chi connectivity index (χ3v) is 6.43. The maximum absolute atomic E-state index is 12.9. The molecule has 3 atom stereocenters. The number of morpholine rings is 1. The highest BCUT2D eigenvalue weighted by atomic mass is 35.5. The first-order chi connectivity index (χ1) is 16.7. The van der Waals surface area contributed by atoms with Crippen molar-refractivity contribution in [2.24, 2.45) is 7.05 Å². The molecule has 11 heteroatoms. The minimum atomic E-state index is -0.629. The summed E-state index contributed by atoms with van der Waals surface area (Å²) in [5.41, 5.74) is 1.43. The van der Waals surface area contributed by atoms with Crippen LogP contribution in [0.25, 0.3) is 10.9 Å². The summed E-state index contributed by atoms with van der Waals surface area (Å²) in [4.78, 5) is 36.7. The summed E-state index contributed by atoms with van der Waals surface area (Å²) in [7, 11) is 1.64. The molecule has 1 fully saturated rings. The first-order valence-corrected chi connectivity index (χ1v) is 11.9. The molecule has 2 aliphatic heterocycles. The first kappa shape index (κ1) is 23.4. The topological polar surface area (TPSA) is 111 Å². The molecular weight excluding hydrogens is 472 g/mol. The summed E-state index contributed by atoms with van der Waals surface area (Å²) in [6.07, 6.45) is 1.71. The molecule has 0 bridgehead atoms. The zero-order valence-electron chi connectivity index (χ0n) is 20.0. The van der Waals surface area contributed by atoms with Gasteiger partial charge in [-0.05, 0) is 39.0 Å². The number of fused-ring (bicyclic) bond motifs is 3. The standard InChI is InChI=1S/C24H27ClN6O4/c1-12-11-34-23(33)19-20(27-12)16-7-15(5-6-18(16)30(4)22(19)32)28-21-17(25)8-26-24(29-21)31-9-13(2)35-14(3)10-31/h5-8,12-14,27H,9-11H2,1-4H3,(H,26,28,29)/t12?,13-,14+. The normalized spacial score (nSPS) is 22.3. The maximum Gasteiger partial charge on any atom is 0.346 e. The molecule has 4 heterocycles. The lowest BCUT2D eigenvalue weighted by Gasteiger charge is -2.35. The van der Waals surface area contributed by atoms with Gasteiger partial charge in [-0.1, -0.05) is 11.6 Å². The molecule has 0 saturated carbocycles. The fraction of sp³-hybridized carbons (Fsp3) is 0.417. The number of pyridine rings is 1. The van der Waals surface area contributed by atoms with Gasteiger partial charge in [0.2, 0.25) is 5.95 Å². The molecule has 3 aromatic rings. The van der Waals surface area contributed by atoms with Crippen LogP contribution in [0.15, 0.2) is 29.2 Å². The molecule has 0 radical (unpaired) electrons. The van der Waals surface area contributed by atoms with Crippen molar-refractivity contribution in [2.75, 3.05) is 35.2 Å². The monoisotopic (exact) mass is 498 g/mol. The summed E-state index contributed by atoms with van der Waals surface area (Å²) in [6.45, 7) is 7.47. The van der Waals surface area contributed by atoms with Gasteiger partial charge in [-0.2, -0.15) is 4.98 Å². The van der Waals surface area contributed by atoms with E-state index in [9.17, 15) is 9.59 Å². The third kappa shape index (κ3) is 4.39. The lowest BCUT2D eigenvalue weighted by Crippen LogP contribution is -2.46. The van der Waals surface area contributed by atoms with Gasteiger partial charge in [-0.25, -0.2) is 9.78 Å². The van der Waals surface area contributed by atoms with Crippen LogP contribution in [-0.4, -0.2) is 58.5 Å². The Bertz CT molecular complexity index is 1370. The highest BCUT2D eigenvalue weighted by molar-refractivity contribution is 6.33. The minimum Gasteiger partial charge on any atom is -0.460 e. The summed E-state index contributed by atoms with van der Waals surface area (Å²) >= 11 is 6.43. The number of aromatic nitrogens is 3. The number of esters is 1. The number of benzene rings is 1. The van der Waals surface area contributed by atoms with Crippen molar-refractivity contribution < 1.29 is 14.3 Å². The van der Waals surface area contributed by atoms with Crippen molar-refractivity contribution in [1.82, 2.24) is 14.5 Å². The second kappa shape index (κ2) is 9.01. The quantitative estimate of drug-likeness (QED) is 0.525. The summed E-state index contributed by atoms with van der Waals surface area (Å²) in [5, 5.41) is 7.62. The number of hydrogen-bond acceptors (Lipinski definition) is 9. The summed E-state index contributed by atoms with van der Waals surface area (Å²) in [6, 6.07) is 5.37. The molecule has 5 rings (SSSR count). The maximum atomic E-state index is 12.9. The van der Waals surface area contributed by atoms with Crippen molar-refractivity contribution in [3.63, 3.8) is 0 Å². The molecule has 0 aliphatic carbocycles. The second-order valence-corrected chi connectivity index (χ2v) is 9.55. The lowest BCUT2D eigenvalue weighted by molar-refractivity contribution is -0.00571. The van der Waals surface area contributed by atoms with Crippen molar-refractivity contribution in [3.05, 3.63) is 45.3 Å². The van der Waals surface area contributed by atoms with E-state index in [1.54, 1.807) is 13.2 Å². The van der Waals surface area contributed by atoms with Crippen LogP contribution in [0.1, 0.15) is 31.1 Å². The number of nitrogens with zero attached hydrogens (tertiary/aromatic N) is 4. The average molecular weight is 499 g/mol. The predicted octanol–water partition coefficient (Wildman–Crippen LogP) is 3.31. The Balaban J connectivity index is 1.55. The van der Waals surface area contributed by atoms with E-state index in [1.807, 2.05) is 39.0 Å². The van der Waals surface area contributed by atoms with Gasteiger partial charge in [0, 0.05) is 31.2 Å². The number of carbonyl (C=O) groups excluding carboxylic acids is 1. The van der Waals surface area contributed by atoms with E-state index in [4.69, 9.17) is 21.1 Å². The van der Waals surface area contributed by atoms with Crippen LogP contribution in [0, 0.1) is 0 Å². The Hall–Kier alpha value is -3.37. The van der Waals surface area contributed by atoms with Crippen molar-refractivity contribution in [1.29, 1.82) is 0 Å². The second-order valence-electron chi connectivity index (χ2n) is 9.14. The fourth-order valence-corrected chi connectivity index (χ4v) is 4.74. The van der Waals surface area contributed by atoms with Crippen LogP contribution in [0.3, 0.4) is 0 Å². The van der Waals surface area contributed by atoms with E-state index < -0.39 is 11.5 Å². The first-order valence-electron chi connectivity index (χ1n) is 11.5. The van der Waals surface area contributed by atoms with Crippen LogP contribution in [-0.2, 0) is 16.5 Å². The van der Waals surface area contributed by atoms with E-state index in [-0.39, 0.29) is 30.4 Å². The number of aryl methyl sites for hydroxylation is 1. The van der Waals surface area contributed by atoms with E-state index in [0.717, 1.165) is 0 Å². The third-order valence-electron chi connectivity index (χ3n) is 6.15. The number of halogens is 1. The lowest BCUT2D eigenvalue weighted by atomic mass is 10.1. The molecule has 184 valence electrons. The Morgan fingerprint density at radius 2 is 1.91 bits per heavy atom. The Morgan fingerprint density at radius 3 is 2.66 bits per heavy atom. The number of cyclic esters (lactones) is 1. The Labute approximate surface area is 207 Å². The van der Waals surface area contributed by atoms with Gasteiger partial charge < -0.3 is 29.6 Å². The van der Waals surface area contributed by atoms with Gasteiger partial charge >= 0.3 is 5.97 Å². The molecule has 2 aromatic heterocycles. The molecule has 0 amide bonds. The highest BCUT2D eigenvalue weighted by Crippen LogP contribution is 2.32. The van der Waals surface area contributed by atoms with Crippen molar-refractivity contribution >= 4 is 51.6 Å². The highest BCUT2D eigenvalue weighted by Gasteiger charge is 2.28. The zero-order chi connectivity index (χ0) is 24.9. The molecule has 1 unspecified atom stereocenters. The smallest absolute Gasteiger partial charge is 0.346 e. The molecular formula is C24H27ClN6O4. The number of anilines is 4.